The second-order valence-electron chi connectivity index (χ2n) is 6.74. The van der Waals surface area contributed by atoms with E-state index in [0.717, 1.165) is 36.7 Å². The summed E-state index contributed by atoms with van der Waals surface area (Å²) in [7, 11) is 1.92. The van der Waals surface area contributed by atoms with Crippen molar-refractivity contribution < 1.29 is 9.63 Å². The van der Waals surface area contributed by atoms with E-state index in [0.29, 0.717) is 5.92 Å². The van der Waals surface area contributed by atoms with Gasteiger partial charge in [0.1, 0.15) is 0 Å². The van der Waals surface area contributed by atoms with Crippen LogP contribution in [-0.4, -0.2) is 44.6 Å². The summed E-state index contributed by atoms with van der Waals surface area (Å²) >= 11 is 0. The van der Waals surface area contributed by atoms with Crippen LogP contribution in [0.2, 0.25) is 0 Å². The number of likely N-dealkylation sites (tertiary alicyclic amines) is 1. The highest BCUT2D eigenvalue weighted by molar-refractivity contribution is 5.56. The number of rotatable bonds is 5. The van der Waals surface area contributed by atoms with Gasteiger partial charge >= 0.3 is 0 Å². The highest BCUT2D eigenvalue weighted by atomic mass is 16.5. The molecule has 1 fully saturated rings. The molecule has 0 unspecified atom stereocenters. The van der Waals surface area contributed by atoms with E-state index in [1.54, 1.807) is 0 Å². The lowest BCUT2D eigenvalue weighted by Crippen LogP contribution is -2.21. The average Bonchev–Trinajstić information content (AvgIpc) is 3.35. The number of hydrogen-bond donors (Lipinski definition) is 1. The number of aliphatic hydroxyl groups excluding tert-OH is 1. The van der Waals surface area contributed by atoms with Crippen molar-refractivity contribution in [1.29, 1.82) is 0 Å². The first-order valence-electron chi connectivity index (χ1n) is 8.55. The van der Waals surface area contributed by atoms with Crippen LogP contribution >= 0.6 is 0 Å². The first kappa shape index (κ1) is 16.1. The molecule has 0 saturated carbocycles. The van der Waals surface area contributed by atoms with E-state index in [1.165, 1.54) is 5.56 Å². The quantitative estimate of drug-likeness (QED) is 0.773. The van der Waals surface area contributed by atoms with Gasteiger partial charge in [-0.1, -0.05) is 35.5 Å². The van der Waals surface area contributed by atoms with Gasteiger partial charge in [0.05, 0.1) is 11.9 Å². The van der Waals surface area contributed by atoms with Crippen molar-refractivity contribution in [1.82, 2.24) is 19.8 Å². The van der Waals surface area contributed by atoms with Crippen LogP contribution in [0.15, 0.2) is 53.3 Å². The summed E-state index contributed by atoms with van der Waals surface area (Å²) in [6.45, 7) is 2.65. The van der Waals surface area contributed by atoms with Gasteiger partial charge in [-0.2, -0.15) is 5.10 Å². The lowest BCUT2D eigenvalue weighted by Gasteiger charge is -2.13. The average molecular weight is 338 g/mol. The van der Waals surface area contributed by atoms with E-state index in [1.807, 2.05) is 60.5 Å². The molecule has 2 atom stereocenters. The highest BCUT2D eigenvalue weighted by Crippen LogP contribution is 2.33. The van der Waals surface area contributed by atoms with Crippen LogP contribution in [0, 0.1) is 5.92 Å². The fourth-order valence-corrected chi connectivity index (χ4v) is 3.64. The van der Waals surface area contributed by atoms with Crippen molar-refractivity contribution >= 4 is 0 Å². The van der Waals surface area contributed by atoms with E-state index in [2.05, 4.69) is 15.2 Å². The van der Waals surface area contributed by atoms with E-state index in [-0.39, 0.29) is 12.5 Å². The zero-order chi connectivity index (χ0) is 17.2. The second kappa shape index (κ2) is 6.82. The monoisotopic (exact) mass is 338 g/mol. The Labute approximate surface area is 146 Å². The molecular weight excluding hydrogens is 316 g/mol. The molecule has 6 heteroatoms. The molecule has 25 heavy (non-hydrogen) atoms. The standard InChI is InChI=1S/C19H22N4O2/c1-22-9-15(8-20-22)18-12-23(10-16(18)13-24)11-17-7-19(25-21-17)14-5-3-2-4-6-14/h2-9,16,18,24H,10-13H2,1H3/t16-,18-/m0/s1. The molecule has 2 aromatic heterocycles. The van der Waals surface area contributed by atoms with Crippen LogP contribution in [0.25, 0.3) is 11.3 Å². The maximum Gasteiger partial charge on any atom is 0.167 e. The minimum atomic E-state index is 0.185. The van der Waals surface area contributed by atoms with Gasteiger partial charge in [0, 0.05) is 63.0 Å². The van der Waals surface area contributed by atoms with Gasteiger partial charge in [0.25, 0.3) is 0 Å². The van der Waals surface area contributed by atoms with Crippen molar-refractivity contribution in [3.63, 3.8) is 0 Å². The molecule has 0 amide bonds. The number of aryl methyl sites for hydroxylation is 1. The fraction of sp³-hybridized carbons (Fsp3) is 0.368. The van der Waals surface area contributed by atoms with Gasteiger partial charge in [-0.3, -0.25) is 9.58 Å². The molecule has 1 aliphatic heterocycles. The van der Waals surface area contributed by atoms with Crippen LogP contribution in [0.4, 0.5) is 0 Å². The van der Waals surface area contributed by atoms with Crippen molar-refractivity contribution in [3.05, 3.63) is 60.0 Å². The first-order chi connectivity index (χ1) is 12.2. The SMILES string of the molecule is Cn1cc([C@@H]2CN(Cc3cc(-c4ccccc4)on3)C[C@H]2CO)cn1. The third-order valence-corrected chi connectivity index (χ3v) is 4.91. The highest BCUT2D eigenvalue weighted by Gasteiger charge is 2.34. The second-order valence-corrected chi connectivity index (χ2v) is 6.74. The van der Waals surface area contributed by atoms with Gasteiger partial charge in [0.15, 0.2) is 5.76 Å². The Morgan fingerprint density at radius 2 is 2.08 bits per heavy atom. The van der Waals surface area contributed by atoms with Crippen LogP contribution in [-0.2, 0) is 13.6 Å². The Kier molecular flexibility index (Phi) is 4.38. The third kappa shape index (κ3) is 3.36. The minimum absolute atomic E-state index is 0.185. The molecule has 0 radical (unpaired) electrons. The molecule has 6 nitrogen and oxygen atoms in total. The number of aromatic nitrogens is 3. The Hall–Kier alpha value is -2.44. The summed E-state index contributed by atoms with van der Waals surface area (Å²) in [5.41, 5.74) is 3.14. The minimum Gasteiger partial charge on any atom is -0.396 e. The maximum absolute atomic E-state index is 9.75. The Morgan fingerprint density at radius 3 is 2.80 bits per heavy atom. The van der Waals surface area contributed by atoms with E-state index in [9.17, 15) is 5.11 Å². The molecule has 3 aromatic rings. The molecule has 4 rings (SSSR count). The van der Waals surface area contributed by atoms with Crippen LogP contribution in [0.5, 0.6) is 0 Å². The number of aliphatic hydroxyl groups is 1. The number of benzene rings is 1. The topological polar surface area (TPSA) is 67.3 Å². The Bertz CT molecular complexity index is 827. The molecule has 130 valence electrons. The predicted octanol–water partition coefficient (Wildman–Crippen LogP) is 2.28. The van der Waals surface area contributed by atoms with E-state index >= 15 is 0 Å². The summed E-state index contributed by atoms with van der Waals surface area (Å²) in [5.74, 6) is 1.32. The van der Waals surface area contributed by atoms with Crippen molar-refractivity contribution in [2.45, 2.75) is 12.5 Å². The van der Waals surface area contributed by atoms with Gasteiger partial charge in [-0.05, 0) is 5.56 Å². The summed E-state index contributed by atoms with van der Waals surface area (Å²) < 4.78 is 7.31. The molecule has 0 spiro atoms. The maximum atomic E-state index is 9.75. The van der Waals surface area contributed by atoms with E-state index < -0.39 is 0 Å². The van der Waals surface area contributed by atoms with Crippen LogP contribution in [0.3, 0.4) is 0 Å². The van der Waals surface area contributed by atoms with Gasteiger partial charge in [-0.15, -0.1) is 0 Å². The van der Waals surface area contributed by atoms with Gasteiger partial charge in [0.2, 0.25) is 0 Å². The van der Waals surface area contributed by atoms with Crippen LogP contribution in [0.1, 0.15) is 17.2 Å². The molecule has 1 N–H and O–H groups in total. The molecule has 1 aromatic carbocycles. The van der Waals surface area contributed by atoms with Gasteiger partial charge in [-0.25, -0.2) is 0 Å². The van der Waals surface area contributed by atoms with Crippen LogP contribution < -0.4 is 0 Å². The zero-order valence-corrected chi connectivity index (χ0v) is 14.2. The summed E-state index contributed by atoms with van der Waals surface area (Å²) in [5, 5.41) is 18.2. The largest absolute Gasteiger partial charge is 0.396 e. The molecule has 1 saturated heterocycles. The molecule has 0 aliphatic carbocycles. The Balaban J connectivity index is 1.46. The predicted molar refractivity (Wildman–Crippen MR) is 93.7 cm³/mol. The molecular formula is C19H22N4O2. The first-order valence-corrected chi connectivity index (χ1v) is 8.55. The smallest absolute Gasteiger partial charge is 0.167 e. The summed E-state index contributed by atoms with van der Waals surface area (Å²) in [6.07, 6.45) is 3.95. The normalized spacial score (nSPS) is 21.0. The zero-order valence-electron chi connectivity index (χ0n) is 14.2. The molecule has 1 aliphatic rings. The lowest BCUT2D eigenvalue weighted by molar-refractivity contribution is 0.213. The summed E-state index contributed by atoms with van der Waals surface area (Å²) in [4.78, 5) is 2.32. The number of hydrogen-bond acceptors (Lipinski definition) is 5. The fourth-order valence-electron chi connectivity index (χ4n) is 3.64. The van der Waals surface area contributed by atoms with Crippen molar-refractivity contribution in [3.8, 4) is 11.3 Å². The van der Waals surface area contributed by atoms with Crippen molar-refractivity contribution in [2.75, 3.05) is 19.7 Å². The lowest BCUT2D eigenvalue weighted by atomic mass is 9.92. The van der Waals surface area contributed by atoms with Gasteiger partial charge < -0.3 is 9.63 Å². The molecule has 3 heterocycles. The van der Waals surface area contributed by atoms with Crippen molar-refractivity contribution in [2.24, 2.45) is 13.0 Å². The van der Waals surface area contributed by atoms with E-state index in [4.69, 9.17) is 4.52 Å². The summed E-state index contributed by atoms with van der Waals surface area (Å²) in [6, 6.07) is 12.0. The number of nitrogens with zero attached hydrogens (tertiary/aromatic N) is 4. The third-order valence-electron chi connectivity index (χ3n) is 4.91. The Morgan fingerprint density at radius 1 is 1.24 bits per heavy atom. The molecule has 0 bridgehead atoms.